The highest BCUT2D eigenvalue weighted by Gasteiger charge is 1.98. The second kappa shape index (κ2) is 6.52. The number of unbranched alkanes of at least 4 members (excludes halogenated alkanes) is 1. The van der Waals surface area contributed by atoms with Gasteiger partial charge in [-0.2, -0.15) is 0 Å². The van der Waals surface area contributed by atoms with E-state index in [1.54, 1.807) is 6.33 Å². The molecule has 1 rings (SSSR count). The fourth-order valence-electron chi connectivity index (χ4n) is 1.49. The quantitative estimate of drug-likeness (QED) is 0.647. The van der Waals surface area contributed by atoms with Crippen LogP contribution < -0.4 is 0 Å². The number of aromatic nitrogens is 2. The summed E-state index contributed by atoms with van der Waals surface area (Å²) in [5.41, 5.74) is 1.26. The van der Waals surface area contributed by atoms with Crippen LogP contribution in [0.5, 0.6) is 0 Å². The van der Waals surface area contributed by atoms with Crippen LogP contribution in [0.4, 0.5) is 0 Å². The maximum Gasteiger partial charge on any atom is 0.115 e. The molecule has 1 unspecified atom stereocenters. The molecule has 78 valence electrons. The third kappa shape index (κ3) is 4.35. The van der Waals surface area contributed by atoms with Crippen molar-refractivity contribution >= 4 is 0 Å². The fraction of sp³-hybridized carbons (Fsp3) is 0.667. The Hall–Kier alpha value is -0.920. The largest absolute Gasteiger partial charge is 0.245 e. The van der Waals surface area contributed by atoms with Gasteiger partial charge in [-0.15, -0.1) is 0 Å². The van der Waals surface area contributed by atoms with E-state index in [0.717, 1.165) is 12.3 Å². The lowest BCUT2D eigenvalue weighted by Gasteiger charge is -2.07. The molecule has 14 heavy (non-hydrogen) atoms. The molecule has 0 amide bonds. The molecule has 2 heteroatoms. The summed E-state index contributed by atoms with van der Waals surface area (Å²) in [6, 6.07) is 0. The van der Waals surface area contributed by atoms with E-state index < -0.39 is 0 Å². The van der Waals surface area contributed by atoms with Gasteiger partial charge < -0.3 is 0 Å². The molecule has 0 aliphatic heterocycles. The summed E-state index contributed by atoms with van der Waals surface area (Å²) >= 11 is 0. The Morgan fingerprint density at radius 1 is 1.21 bits per heavy atom. The minimum absolute atomic E-state index is 0.877. The zero-order chi connectivity index (χ0) is 10.2. The molecule has 0 bridgehead atoms. The van der Waals surface area contributed by atoms with Crippen LogP contribution >= 0.6 is 0 Å². The molecule has 0 aliphatic carbocycles. The first-order valence-corrected chi connectivity index (χ1v) is 5.56. The molecule has 0 aliphatic rings. The third-order valence-corrected chi connectivity index (χ3v) is 2.72. The Morgan fingerprint density at radius 2 is 1.93 bits per heavy atom. The van der Waals surface area contributed by atoms with E-state index in [4.69, 9.17) is 0 Å². The fourth-order valence-corrected chi connectivity index (χ4v) is 1.49. The predicted octanol–water partition coefficient (Wildman–Crippen LogP) is 3.24. The lowest BCUT2D eigenvalue weighted by Crippen LogP contribution is -1.93. The van der Waals surface area contributed by atoms with Crippen molar-refractivity contribution in [1.29, 1.82) is 0 Å². The smallest absolute Gasteiger partial charge is 0.115 e. The number of aryl methyl sites for hydroxylation is 1. The molecule has 0 aromatic carbocycles. The van der Waals surface area contributed by atoms with Crippen LogP contribution in [0.3, 0.4) is 0 Å². The molecule has 0 fully saturated rings. The van der Waals surface area contributed by atoms with E-state index in [1.165, 1.54) is 31.2 Å². The second-order valence-corrected chi connectivity index (χ2v) is 4.01. The maximum atomic E-state index is 4.00. The molecule has 0 saturated carbocycles. The topological polar surface area (TPSA) is 25.8 Å². The zero-order valence-corrected chi connectivity index (χ0v) is 9.24. The first-order chi connectivity index (χ1) is 6.83. The SMILES string of the molecule is CCC(C)CCCCc1cncnc1. The molecule has 0 radical (unpaired) electrons. The highest BCUT2D eigenvalue weighted by Crippen LogP contribution is 2.12. The lowest BCUT2D eigenvalue weighted by atomic mass is 10.00. The lowest BCUT2D eigenvalue weighted by molar-refractivity contribution is 0.484. The van der Waals surface area contributed by atoms with Gasteiger partial charge in [-0.1, -0.05) is 33.1 Å². The zero-order valence-electron chi connectivity index (χ0n) is 9.24. The van der Waals surface area contributed by atoms with Gasteiger partial charge in [0.15, 0.2) is 0 Å². The highest BCUT2D eigenvalue weighted by molar-refractivity contribution is 5.01. The second-order valence-electron chi connectivity index (χ2n) is 4.01. The number of nitrogens with zero attached hydrogens (tertiary/aromatic N) is 2. The van der Waals surface area contributed by atoms with Crippen LogP contribution in [0.15, 0.2) is 18.7 Å². The van der Waals surface area contributed by atoms with Crippen molar-refractivity contribution in [3.63, 3.8) is 0 Å². The Bertz CT molecular complexity index is 233. The molecule has 2 nitrogen and oxygen atoms in total. The maximum absolute atomic E-state index is 4.00. The van der Waals surface area contributed by atoms with Crippen molar-refractivity contribution < 1.29 is 0 Å². The van der Waals surface area contributed by atoms with E-state index in [0.29, 0.717) is 0 Å². The van der Waals surface area contributed by atoms with Crippen LogP contribution in [-0.2, 0) is 6.42 Å². The monoisotopic (exact) mass is 192 g/mol. The Balaban J connectivity index is 2.10. The highest BCUT2D eigenvalue weighted by atomic mass is 14.8. The van der Waals surface area contributed by atoms with Crippen molar-refractivity contribution in [2.75, 3.05) is 0 Å². The van der Waals surface area contributed by atoms with Crippen LogP contribution in [0.25, 0.3) is 0 Å². The van der Waals surface area contributed by atoms with Crippen molar-refractivity contribution in [2.45, 2.75) is 46.0 Å². The van der Waals surface area contributed by atoms with Crippen molar-refractivity contribution in [3.8, 4) is 0 Å². The summed E-state index contributed by atoms with van der Waals surface area (Å²) in [5.74, 6) is 0.877. The predicted molar refractivity (Wildman–Crippen MR) is 59.0 cm³/mol. The van der Waals surface area contributed by atoms with E-state index in [1.807, 2.05) is 12.4 Å². The van der Waals surface area contributed by atoms with E-state index in [9.17, 15) is 0 Å². The normalized spacial score (nSPS) is 12.7. The first-order valence-electron chi connectivity index (χ1n) is 5.56. The number of hydrogen-bond donors (Lipinski definition) is 0. The van der Waals surface area contributed by atoms with Gasteiger partial charge in [-0.05, 0) is 24.3 Å². The van der Waals surface area contributed by atoms with Gasteiger partial charge in [-0.25, -0.2) is 9.97 Å². The van der Waals surface area contributed by atoms with Gasteiger partial charge in [0, 0.05) is 12.4 Å². The molecular weight excluding hydrogens is 172 g/mol. The summed E-state index contributed by atoms with van der Waals surface area (Å²) < 4.78 is 0. The molecule has 1 heterocycles. The first kappa shape index (κ1) is 11.2. The van der Waals surface area contributed by atoms with Crippen LogP contribution in [-0.4, -0.2) is 9.97 Å². The Morgan fingerprint density at radius 3 is 2.57 bits per heavy atom. The van der Waals surface area contributed by atoms with Gasteiger partial charge >= 0.3 is 0 Å². The molecule has 1 aromatic rings. The van der Waals surface area contributed by atoms with Crippen LogP contribution in [0, 0.1) is 5.92 Å². The Labute approximate surface area is 86.8 Å². The Kier molecular flexibility index (Phi) is 5.20. The molecule has 0 saturated heterocycles. The van der Waals surface area contributed by atoms with Gasteiger partial charge in [0.25, 0.3) is 0 Å². The average Bonchev–Trinajstić information content (AvgIpc) is 2.25. The van der Waals surface area contributed by atoms with Crippen LogP contribution in [0.2, 0.25) is 0 Å². The van der Waals surface area contributed by atoms with E-state index in [2.05, 4.69) is 23.8 Å². The van der Waals surface area contributed by atoms with Crippen molar-refractivity contribution in [2.24, 2.45) is 5.92 Å². The molecule has 1 aromatic heterocycles. The molecule has 1 atom stereocenters. The minimum atomic E-state index is 0.877. The van der Waals surface area contributed by atoms with Crippen LogP contribution in [0.1, 0.15) is 45.1 Å². The van der Waals surface area contributed by atoms with Gasteiger partial charge in [0.1, 0.15) is 6.33 Å². The summed E-state index contributed by atoms with van der Waals surface area (Å²) in [5, 5.41) is 0. The van der Waals surface area contributed by atoms with Crippen molar-refractivity contribution in [3.05, 3.63) is 24.3 Å². The molecule has 0 N–H and O–H groups in total. The van der Waals surface area contributed by atoms with Gasteiger partial charge in [0.05, 0.1) is 0 Å². The van der Waals surface area contributed by atoms with Gasteiger partial charge in [-0.3, -0.25) is 0 Å². The molecular formula is C12H20N2. The number of hydrogen-bond acceptors (Lipinski definition) is 2. The average molecular weight is 192 g/mol. The summed E-state index contributed by atoms with van der Waals surface area (Å²) in [4.78, 5) is 8.01. The summed E-state index contributed by atoms with van der Waals surface area (Å²) in [6.45, 7) is 4.58. The number of rotatable bonds is 6. The van der Waals surface area contributed by atoms with E-state index in [-0.39, 0.29) is 0 Å². The third-order valence-electron chi connectivity index (χ3n) is 2.72. The standard InChI is InChI=1S/C12H20N2/c1-3-11(2)6-4-5-7-12-8-13-10-14-9-12/h8-11H,3-7H2,1-2H3. The summed E-state index contributed by atoms with van der Waals surface area (Å²) in [6.07, 6.45) is 11.8. The minimum Gasteiger partial charge on any atom is -0.245 e. The van der Waals surface area contributed by atoms with Gasteiger partial charge in [0.2, 0.25) is 0 Å². The molecule has 0 spiro atoms. The van der Waals surface area contributed by atoms with E-state index >= 15 is 0 Å². The summed E-state index contributed by atoms with van der Waals surface area (Å²) in [7, 11) is 0. The van der Waals surface area contributed by atoms with Crippen molar-refractivity contribution in [1.82, 2.24) is 9.97 Å².